The summed E-state index contributed by atoms with van der Waals surface area (Å²) in [6.45, 7) is 10.7. The molecule has 2 nitrogen and oxygen atoms in total. The predicted molar refractivity (Wildman–Crippen MR) is 85.8 cm³/mol. The standard InChI is InChI=1S/C17H37NO/c1-4-5-6-7-8-9-10-11-13-18-14-16-19-15-12-17(2)3/h17-18H,4-16H2,1-3H3. The summed E-state index contributed by atoms with van der Waals surface area (Å²) >= 11 is 0. The lowest BCUT2D eigenvalue weighted by Crippen LogP contribution is -2.21. The van der Waals surface area contributed by atoms with Gasteiger partial charge in [-0.25, -0.2) is 0 Å². The Hall–Kier alpha value is -0.0800. The molecule has 0 saturated carbocycles. The van der Waals surface area contributed by atoms with Gasteiger partial charge in [-0.1, -0.05) is 65.7 Å². The maximum atomic E-state index is 5.56. The fourth-order valence-electron chi connectivity index (χ4n) is 2.07. The van der Waals surface area contributed by atoms with Gasteiger partial charge >= 0.3 is 0 Å². The molecule has 0 heterocycles. The summed E-state index contributed by atoms with van der Waals surface area (Å²) in [7, 11) is 0. The maximum absolute atomic E-state index is 5.56. The second-order valence-electron chi connectivity index (χ2n) is 6.02. The molecule has 0 aliphatic heterocycles. The highest BCUT2D eigenvalue weighted by Gasteiger charge is 1.94. The minimum Gasteiger partial charge on any atom is -0.380 e. The fourth-order valence-corrected chi connectivity index (χ4v) is 2.07. The number of hydrogen-bond donors (Lipinski definition) is 1. The molecule has 0 aromatic rings. The van der Waals surface area contributed by atoms with Gasteiger partial charge in [0.25, 0.3) is 0 Å². The Morgan fingerprint density at radius 1 is 0.789 bits per heavy atom. The molecule has 0 bridgehead atoms. The molecular formula is C17H37NO. The van der Waals surface area contributed by atoms with Crippen molar-refractivity contribution in [2.24, 2.45) is 5.92 Å². The van der Waals surface area contributed by atoms with Crippen molar-refractivity contribution in [3.05, 3.63) is 0 Å². The Labute approximate surface area is 121 Å². The van der Waals surface area contributed by atoms with Gasteiger partial charge in [-0.05, 0) is 25.3 Å². The van der Waals surface area contributed by atoms with E-state index in [1.54, 1.807) is 0 Å². The van der Waals surface area contributed by atoms with Gasteiger partial charge in [-0.3, -0.25) is 0 Å². The summed E-state index contributed by atoms with van der Waals surface area (Å²) in [5, 5.41) is 3.46. The van der Waals surface area contributed by atoms with Crippen molar-refractivity contribution < 1.29 is 4.74 Å². The fraction of sp³-hybridized carbons (Fsp3) is 1.00. The molecule has 1 N–H and O–H groups in total. The van der Waals surface area contributed by atoms with Gasteiger partial charge in [-0.15, -0.1) is 0 Å². The van der Waals surface area contributed by atoms with Crippen molar-refractivity contribution in [1.29, 1.82) is 0 Å². The number of hydrogen-bond acceptors (Lipinski definition) is 2. The lowest BCUT2D eigenvalue weighted by Gasteiger charge is -2.07. The second kappa shape index (κ2) is 16.0. The van der Waals surface area contributed by atoms with Crippen LogP contribution in [0.5, 0.6) is 0 Å². The molecular weight excluding hydrogens is 234 g/mol. The Kier molecular flexibility index (Phi) is 15.9. The van der Waals surface area contributed by atoms with E-state index in [-0.39, 0.29) is 0 Å². The quantitative estimate of drug-likeness (QED) is 0.433. The van der Waals surface area contributed by atoms with Gasteiger partial charge in [0.1, 0.15) is 0 Å². The monoisotopic (exact) mass is 271 g/mol. The summed E-state index contributed by atoms with van der Waals surface area (Å²) in [6.07, 6.45) is 12.4. The van der Waals surface area contributed by atoms with Crippen LogP contribution in [-0.4, -0.2) is 26.3 Å². The van der Waals surface area contributed by atoms with E-state index in [0.29, 0.717) is 0 Å². The molecule has 0 unspecified atom stereocenters. The zero-order chi connectivity index (χ0) is 14.2. The molecule has 0 aliphatic rings. The van der Waals surface area contributed by atoms with E-state index in [1.807, 2.05) is 0 Å². The third-order valence-corrected chi connectivity index (χ3v) is 3.47. The summed E-state index contributed by atoms with van der Waals surface area (Å²) in [5.74, 6) is 0.755. The molecule has 0 rings (SSSR count). The third-order valence-electron chi connectivity index (χ3n) is 3.47. The second-order valence-corrected chi connectivity index (χ2v) is 6.02. The first-order valence-corrected chi connectivity index (χ1v) is 8.55. The van der Waals surface area contributed by atoms with Gasteiger partial charge in [0.05, 0.1) is 6.61 Å². The van der Waals surface area contributed by atoms with Gasteiger partial charge in [0, 0.05) is 13.2 Å². The largest absolute Gasteiger partial charge is 0.380 e. The van der Waals surface area contributed by atoms with E-state index >= 15 is 0 Å². The highest BCUT2D eigenvalue weighted by Crippen LogP contribution is 2.07. The summed E-state index contributed by atoms with van der Waals surface area (Å²) in [6, 6.07) is 0. The first-order valence-electron chi connectivity index (χ1n) is 8.55. The maximum Gasteiger partial charge on any atom is 0.0590 e. The van der Waals surface area contributed by atoms with E-state index < -0.39 is 0 Å². The Morgan fingerprint density at radius 3 is 2.05 bits per heavy atom. The van der Waals surface area contributed by atoms with Crippen LogP contribution in [0.25, 0.3) is 0 Å². The number of rotatable bonds is 15. The Balaban J connectivity index is 2.91. The minimum atomic E-state index is 0.755. The highest BCUT2D eigenvalue weighted by atomic mass is 16.5. The van der Waals surface area contributed by atoms with Gasteiger partial charge in [-0.2, -0.15) is 0 Å². The van der Waals surface area contributed by atoms with E-state index in [9.17, 15) is 0 Å². The predicted octanol–water partition coefficient (Wildman–Crippen LogP) is 4.78. The SMILES string of the molecule is CCCCCCCCCCNCCOCCC(C)C. The van der Waals surface area contributed by atoms with E-state index in [0.717, 1.165) is 32.2 Å². The van der Waals surface area contributed by atoms with Crippen molar-refractivity contribution in [3.8, 4) is 0 Å². The van der Waals surface area contributed by atoms with Crippen LogP contribution >= 0.6 is 0 Å². The highest BCUT2D eigenvalue weighted by molar-refractivity contribution is 4.50. The summed E-state index contributed by atoms with van der Waals surface area (Å²) in [4.78, 5) is 0. The molecule has 0 atom stereocenters. The zero-order valence-electron chi connectivity index (χ0n) is 13.7. The van der Waals surface area contributed by atoms with Crippen LogP contribution in [0.2, 0.25) is 0 Å². The molecule has 19 heavy (non-hydrogen) atoms. The van der Waals surface area contributed by atoms with E-state index in [1.165, 1.54) is 57.8 Å². The number of nitrogens with one attached hydrogen (secondary N) is 1. The molecule has 0 saturated heterocycles. The molecule has 0 amide bonds. The Morgan fingerprint density at radius 2 is 1.42 bits per heavy atom. The average molecular weight is 271 g/mol. The topological polar surface area (TPSA) is 21.3 Å². The minimum absolute atomic E-state index is 0.755. The lowest BCUT2D eigenvalue weighted by atomic mass is 10.1. The van der Waals surface area contributed by atoms with Crippen LogP contribution in [0.4, 0.5) is 0 Å². The van der Waals surface area contributed by atoms with Crippen LogP contribution in [0.15, 0.2) is 0 Å². The van der Waals surface area contributed by atoms with Crippen LogP contribution in [-0.2, 0) is 4.74 Å². The molecule has 0 aromatic carbocycles. The van der Waals surface area contributed by atoms with Crippen LogP contribution < -0.4 is 5.32 Å². The first-order chi connectivity index (χ1) is 9.27. The van der Waals surface area contributed by atoms with Crippen molar-refractivity contribution >= 4 is 0 Å². The summed E-state index contributed by atoms with van der Waals surface area (Å²) < 4.78 is 5.56. The van der Waals surface area contributed by atoms with Crippen LogP contribution in [0.1, 0.15) is 78.6 Å². The van der Waals surface area contributed by atoms with Crippen molar-refractivity contribution in [3.63, 3.8) is 0 Å². The smallest absolute Gasteiger partial charge is 0.0590 e. The van der Waals surface area contributed by atoms with E-state index in [4.69, 9.17) is 4.74 Å². The normalized spacial score (nSPS) is 11.4. The summed E-state index contributed by atoms with van der Waals surface area (Å²) in [5.41, 5.74) is 0. The average Bonchev–Trinajstić information content (AvgIpc) is 2.39. The Bertz CT molecular complexity index is 159. The molecule has 2 heteroatoms. The number of ether oxygens (including phenoxy) is 1. The third kappa shape index (κ3) is 17.9. The van der Waals surface area contributed by atoms with Crippen molar-refractivity contribution in [2.75, 3.05) is 26.3 Å². The van der Waals surface area contributed by atoms with Gasteiger partial charge in [0.15, 0.2) is 0 Å². The molecule has 0 spiro atoms. The molecule has 0 aliphatic carbocycles. The first kappa shape index (κ1) is 18.9. The van der Waals surface area contributed by atoms with Crippen LogP contribution in [0.3, 0.4) is 0 Å². The van der Waals surface area contributed by atoms with Crippen LogP contribution in [0, 0.1) is 5.92 Å². The molecule has 0 fully saturated rings. The van der Waals surface area contributed by atoms with Crippen molar-refractivity contribution in [2.45, 2.75) is 78.6 Å². The molecule has 116 valence electrons. The van der Waals surface area contributed by atoms with Crippen molar-refractivity contribution in [1.82, 2.24) is 5.32 Å². The zero-order valence-corrected chi connectivity index (χ0v) is 13.7. The molecule has 0 radical (unpaired) electrons. The molecule has 0 aromatic heterocycles. The van der Waals surface area contributed by atoms with Gasteiger partial charge in [0.2, 0.25) is 0 Å². The van der Waals surface area contributed by atoms with E-state index in [2.05, 4.69) is 26.1 Å². The number of unbranched alkanes of at least 4 members (excludes halogenated alkanes) is 7. The van der Waals surface area contributed by atoms with Gasteiger partial charge < -0.3 is 10.1 Å². The lowest BCUT2D eigenvalue weighted by molar-refractivity contribution is 0.125.